The number of halogens is 1. The summed E-state index contributed by atoms with van der Waals surface area (Å²) < 4.78 is 20.2. The van der Waals surface area contributed by atoms with Gasteiger partial charge in [0.1, 0.15) is 5.01 Å². The van der Waals surface area contributed by atoms with Gasteiger partial charge in [0.2, 0.25) is 5.91 Å². The van der Waals surface area contributed by atoms with Crippen molar-refractivity contribution < 1.29 is 13.9 Å². The molecular formula is C21H21FN2O2S. The van der Waals surface area contributed by atoms with Crippen LogP contribution in [0, 0.1) is 5.82 Å². The minimum Gasteiger partial charge on any atom is -0.490 e. The lowest BCUT2D eigenvalue weighted by atomic mass is 10.0. The highest BCUT2D eigenvalue weighted by atomic mass is 32.1. The molecule has 0 N–H and O–H groups in total. The first-order chi connectivity index (χ1) is 13.2. The number of rotatable bonds is 5. The quantitative estimate of drug-likeness (QED) is 0.624. The van der Waals surface area contributed by atoms with Crippen molar-refractivity contribution in [3.05, 3.63) is 59.4 Å². The predicted molar refractivity (Wildman–Crippen MR) is 104 cm³/mol. The molecule has 2 heterocycles. The molecule has 4 nitrogen and oxygen atoms in total. The Morgan fingerprint density at radius 3 is 2.85 bits per heavy atom. The molecule has 1 amide bonds. The molecule has 1 aliphatic heterocycles. The largest absolute Gasteiger partial charge is 0.490 e. The maximum Gasteiger partial charge on any atom is 0.226 e. The monoisotopic (exact) mass is 384 g/mol. The van der Waals surface area contributed by atoms with Gasteiger partial charge < -0.3 is 9.64 Å². The first kappa shape index (κ1) is 17.9. The van der Waals surface area contributed by atoms with Crippen molar-refractivity contribution in [1.82, 2.24) is 9.88 Å². The van der Waals surface area contributed by atoms with Crippen LogP contribution in [0.2, 0.25) is 0 Å². The van der Waals surface area contributed by atoms with Crippen molar-refractivity contribution >= 4 is 27.5 Å². The fraction of sp³-hybridized carbons (Fsp3) is 0.333. The molecule has 1 aliphatic rings. The van der Waals surface area contributed by atoms with E-state index < -0.39 is 5.82 Å². The second-order valence-corrected chi connectivity index (χ2v) is 7.71. The summed E-state index contributed by atoms with van der Waals surface area (Å²) in [5.74, 6) is -0.183. The number of benzene rings is 2. The lowest BCUT2D eigenvalue weighted by Crippen LogP contribution is -2.39. The van der Waals surface area contributed by atoms with Gasteiger partial charge in [0.15, 0.2) is 11.6 Å². The Morgan fingerprint density at radius 2 is 2.00 bits per heavy atom. The molecule has 0 aliphatic carbocycles. The second-order valence-electron chi connectivity index (χ2n) is 6.65. The van der Waals surface area contributed by atoms with Crippen molar-refractivity contribution in [1.29, 1.82) is 0 Å². The van der Waals surface area contributed by atoms with E-state index in [4.69, 9.17) is 9.72 Å². The third kappa shape index (κ3) is 3.95. The highest BCUT2D eigenvalue weighted by molar-refractivity contribution is 7.18. The van der Waals surface area contributed by atoms with Crippen LogP contribution in [0.15, 0.2) is 48.5 Å². The number of nitrogens with zero attached hydrogens (tertiary/aromatic N) is 2. The molecular weight excluding hydrogens is 363 g/mol. The molecule has 1 saturated heterocycles. The van der Waals surface area contributed by atoms with Crippen LogP contribution in [-0.4, -0.2) is 28.9 Å². The molecule has 0 radical (unpaired) electrons. The van der Waals surface area contributed by atoms with Crippen LogP contribution >= 0.6 is 11.3 Å². The molecule has 0 spiro atoms. The molecule has 4 rings (SSSR count). The number of hydrogen-bond donors (Lipinski definition) is 0. The van der Waals surface area contributed by atoms with Gasteiger partial charge in [-0.1, -0.05) is 24.3 Å². The zero-order chi connectivity index (χ0) is 18.6. The Balaban J connectivity index is 1.43. The molecule has 1 fully saturated rings. The van der Waals surface area contributed by atoms with Crippen LogP contribution in [0.1, 0.15) is 36.7 Å². The van der Waals surface area contributed by atoms with E-state index in [1.54, 1.807) is 29.5 Å². The van der Waals surface area contributed by atoms with Gasteiger partial charge in [-0.15, -0.1) is 11.3 Å². The average Bonchev–Trinajstić information content (AvgIpc) is 3.13. The van der Waals surface area contributed by atoms with E-state index in [9.17, 15) is 9.18 Å². The van der Waals surface area contributed by atoms with Crippen LogP contribution in [0.3, 0.4) is 0 Å². The lowest BCUT2D eigenvalue weighted by molar-refractivity contribution is -0.135. The van der Waals surface area contributed by atoms with E-state index in [1.807, 2.05) is 23.1 Å². The van der Waals surface area contributed by atoms with E-state index in [0.717, 1.165) is 41.0 Å². The minimum absolute atomic E-state index is 0.0251. The summed E-state index contributed by atoms with van der Waals surface area (Å²) in [5.41, 5.74) is 0.985. The predicted octanol–water partition coefficient (Wildman–Crippen LogP) is 4.96. The topological polar surface area (TPSA) is 42.4 Å². The fourth-order valence-corrected chi connectivity index (χ4v) is 4.59. The van der Waals surface area contributed by atoms with Gasteiger partial charge in [-0.05, 0) is 43.5 Å². The number of piperidine rings is 1. The first-order valence-corrected chi connectivity index (χ1v) is 10.1. The van der Waals surface area contributed by atoms with Crippen molar-refractivity contribution in [2.24, 2.45) is 0 Å². The molecule has 27 heavy (non-hydrogen) atoms. The van der Waals surface area contributed by atoms with Crippen molar-refractivity contribution in [2.45, 2.75) is 31.7 Å². The average molecular weight is 384 g/mol. The van der Waals surface area contributed by atoms with E-state index in [0.29, 0.717) is 0 Å². The number of fused-ring (bicyclic) bond motifs is 1. The molecule has 1 unspecified atom stereocenters. The highest BCUT2D eigenvalue weighted by Crippen LogP contribution is 2.35. The maximum absolute atomic E-state index is 13.6. The summed E-state index contributed by atoms with van der Waals surface area (Å²) >= 11 is 1.66. The van der Waals surface area contributed by atoms with Crippen molar-refractivity contribution in [3.63, 3.8) is 0 Å². The zero-order valence-corrected chi connectivity index (χ0v) is 15.8. The number of aromatic nitrogens is 1. The summed E-state index contributed by atoms with van der Waals surface area (Å²) in [6, 6.07) is 14.3. The Morgan fingerprint density at radius 1 is 1.19 bits per heavy atom. The summed E-state index contributed by atoms with van der Waals surface area (Å²) in [4.78, 5) is 19.5. The number of carbonyl (C=O) groups is 1. The molecule has 140 valence electrons. The number of ether oxygens (including phenoxy) is 1. The number of carbonyl (C=O) groups excluding carboxylic acids is 1. The Bertz CT molecular complexity index is 910. The third-order valence-corrected chi connectivity index (χ3v) is 5.97. The van der Waals surface area contributed by atoms with Crippen LogP contribution in [0.4, 0.5) is 4.39 Å². The molecule has 0 saturated carbocycles. The molecule has 1 aromatic heterocycles. The first-order valence-electron chi connectivity index (χ1n) is 9.24. The summed E-state index contributed by atoms with van der Waals surface area (Å²) in [5, 5.41) is 0.999. The van der Waals surface area contributed by atoms with Gasteiger partial charge in [-0.25, -0.2) is 9.37 Å². The SMILES string of the molecule is O=C(CCOc1ccccc1F)N1CCCCC1c1nc2ccccc2s1. The smallest absolute Gasteiger partial charge is 0.226 e. The number of likely N-dealkylation sites (tertiary alicyclic amines) is 1. The van der Waals surface area contributed by atoms with Crippen LogP contribution in [0.5, 0.6) is 5.75 Å². The Labute approximate surface area is 161 Å². The molecule has 3 aromatic rings. The zero-order valence-electron chi connectivity index (χ0n) is 14.9. The van der Waals surface area contributed by atoms with Crippen molar-refractivity contribution in [2.75, 3.05) is 13.2 Å². The van der Waals surface area contributed by atoms with Gasteiger partial charge >= 0.3 is 0 Å². The lowest BCUT2D eigenvalue weighted by Gasteiger charge is -2.34. The van der Waals surface area contributed by atoms with Gasteiger partial charge in [0.05, 0.1) is 29.3 Å². The number of amides is 1. The number of thiazole rings is 1. The Hall–Kier alpha value is -2.47. The Kier molecular flexibility index (Phi) is 5.34. The minimum atomic E-state index is -0.407. The van der Waals surface area contributed by atoms with Gasteiger partial charge in [0.25, 0.3) is 0 Å². The van der Waals surface area contributed by atoms with Crippen molar-refractivity contribution in [3.8, 4) is 5.75 Å². The van der Waals surface area contributed by atoms with E-state index in [1.165, 1.54) is 6.07 Å². The maximum atomic E-state index is 13.6. The third-order valence-electron chi connectivity index (χ3n) is 4.83. The van der Waals surface area contributed by atoms with Gasteiger partial charge in [0, 0.05) is 6.54 Å². The van der Waals surface area contributed by atoms with Crippen LogP contribution in [0.25, 0.3) is 10.2 Å². The number of hydrogen-bond acceptors (Lipinski definition) is 4. The fourth-order valence-electron chi connectivity index (χ4n) is 3.47. The highest BCUT2D eigenvalue weighted by Gasteiger charge is 2.30. The molecule has 6 heteroatoms. The van der Waals surface area contributed by atoms with E-state index >= 15 is 0 Å². The standard InChI is InChI=1S/C21H21FN2O2S/c22-15-7-1-3-10-18(15)26-14-12-20(25)24-13-6-5-9-17(24)21-23-16-8-2-4-11-19(16)27-21/h1-4,7-8,10-11,17H,5-6,9,12-14H2. The van der Waals surface area contributed by atoms with Crippen LogP contribution < -0.4 is 4.74 Å². The second kappa shape index (κ2) is 8.05. The summed E-state index contributed by atoms with van der Waals surface area (Å²) in [6.45, 7) is 0.905. The van der Waals surface area contributed by atoms with Gasteiger partial charge in [-0.3, -0.25) is 4.79 Å². The molecule has 2 aromatic carbocycles. The van der Waals surface area contributed by atoms with Gasteiger partial charge in [-0.2, -0.15) is 0 Å². The summed E-state index contributed by atoms with van der Waals surface area (Å²) in [7, 11) is 0. The van der Waals surface area contributed by atoms with E-state index in [2.05, 4.69) is 6.07 Å². The van der Waals surface area contributed by atoms with E-state index in [-0.39, 0.29) is 30.7 Å². The molecule has 1 atom stereocenters. The number of para-hydroxylation sites is 2. The summed E-state index contributed by atoms with van der Waals surface area (Å²) in [6.07, 6.45) is 3.26. The molecule has 0 bridgehead atoms. The van der Waals surface area contributed by atoms with Crippen LogP contribution in [-0.2, 0) is 4.79 Å². The normalized spacial score (nSPS) is 17.2.